The summed E-state index contributed by atoms with van der Waals surface area (Å²) in [7, 11) is 0. The largest absolute Gasteiger partial charge is 0.462 e. The molecule has 0 amide bonds. The van der Waals surface area contributed by atoms with Crippen LogP contribution in [0.2, 0.25) is 0 Å². The zero-order chi connectivity index (χ0) is 19.4. The van der Waals surface area contributed by atoms with Gasteiger partial charge in [-0.2, -0.15) is 0 Å². The van der Waals surface area contributed by atoms with Crippen molar-refractivity contribution >= 4 is 5.97 Å². The molecule has 3 nitrogen and oxygen atoms in total. The average molecular weight is 380 g/mol. The minimum atomic E-state index is -0.211. The normalized spacial score (nSPS) is 17.4. The number of unbranched alkanes of at least 4 members (excludes halogenated alkanes) is 1. The van der Waals surface area contributed by atoms with Gasteiger partial charge in [-0.15, -0.1) is 0 Å². The van der Waals surface area contributed by atoms with Crippen molar-refractivity contribution in [1.29, 1.82) is 0 Å². The quantitative estimate of drug-likeness (QED) is 0.403. The second-order valence-corrected chi connectivity index (χ2v) is 7.77. The maximum atomic E-state index is 12.0. The third-order valence-corrected chi connectivity index (χ3v) is 5.68. The molecule has 1 aliphatic rings. The molecule has 0 radical (unpaired) electrons. The predicted octanol–water partition coefficient (Wildman–Crippen LogP) is 5.50. The zero-order valence-electron chi connectivity index (χ0n) is 16.9. The molecule has 0 spiro atoms. The first-order valence-electron chi connectivity index (χ1n) is 10.8. The van der Waals surface area contributed by atoms with E-state index in [9.17, 15) is 4.79 Å². The Morgan fingerprint density at radius 1 is 0.929 bits per heavy atom. The molecule has 1 unspecified atom stereocenters. The average Bonchev–Trinajstić information content (AvgIpc) is 2.76. The fraction of sp³-hybridized carbons (Fsp3) is 0.480. The van der Waals surface area contributed by atoms with Gasteiger partial charge in [0.1, 0.15) is 0 Å². The summed E-state index contributed by atoms with van der Waals surface area (Å²) in [6.07, 6.45) is 9.91. The number of hydrogen-bond donors (Lipinski definition) is 0. The van der Waals surface area contributed by atoms with Gasteiger partial charge in [0.2, 0.25) is 0 Å². The SMILES string of the molecule is O=C(OCCCN1CCCCC1CCCCc1ccccc1)c1ccccc1. The Morgan fingerprint density at radius 3 is 2.46 bits per heavy atom. The highest BCUT2D eigenvalue weighted by Crippen LogP contribution is 2.22. The minimum Gasteiger partial charge on any atom is -0.462 e. The topological polar surface area (TPSA) is 29.5 Å². The van der Waals surface area contributed by atoms with Crippen LogP contribution in [0.1, 0.15) is 60.9 Å². The fourth-order valence-corrected chi connectivity index (χ4v) is 4.13. The molecule has 0 saturated carbocycles. The van der Waals surface area contributed by atoms with Gasteiger partial charge in [0.25, 0.3) is 0 Å². The number of likely N-dealkylation sites (tertiary alicyclic amines) is 1. The van der Waals surface area contributed by atoms with E-state index in [4.69, 9.17) is 4.74 Å². The van der Waals surface area contributed by atoms with Crippen LogP contribution in [-0.2, 0) is 11.2 Å². The van der Waals surface area contributed by atoms with Crippen LogP contribution in [0.5, 0.6) is 0 Å². The van der Waals surface area contributed by atoms with Crippen LogP contribution in [0.4, 0.5) is 0 Å². The van der Waals surface area contributed by atoms with Crippen molar-refractivity contribution in [1.82, 2.24) is 4.90 Å². The van der Waals surface area contributed by atoms with Crippen LogP contribution in [0.3, 0.4) is 0 Å². The summed E-state index contributed by atoms with van der Waals surface area (Å²) in [4.78, 5) is 14.6. The second-order valence-electron chi connectivity index (χ2n) is 7.77. The van der Waals surface area contributed by atoms with E-state index in [2.05, 4.69) is 35.2 Å². The van der Waals surface area contributed by atoms with Gasteiger partial charge >= 0.3 is 5.97 Å². The predicted molar refractivity (Wildman–Crippen MR) is 115 cm³/mol. The van der Waals surface area contributed by atoms with Crippen molar-refractivity contribution in [2.75, 3.05) is 19.7 Å². The Balaban J connectivity index is 1.33. The number of esters is 1. The fourth-order valence-electron chi connectivity index (χ4n) is 4.13. The van der Waals surface area contributed by atoms with Gasteiger partial charge in [0.15, 0.2) is 0 Å². The van der Waals surface area contributed by atoms with Crippen molar-refractivity contribution in [3.63, 3.8) is 0 Å². The van der Waals surface area contributed by atoms with Gasteiger partial charge in [0, 0.05) is 12.6 Å². The molecule has 1 heterocycles. The maximum absolute atomic E-state index is 12.0. The Bertz CT molecular complexity index is 686. The molecule has 0 aliphatic carbocycles. The molecule has 28 heavy (non-hydrogen) atoms. The highest BCUT2D eigenvalue weighted by atomic mass is 16.5. The van der Waals surface area contributed by atoms with Crippen LogP contribution < -0.4 is 0 Å². The molecule has 3 heteroatoms. The summed E-state index contributed by atoms with van der Waals surface area (Å²) >= 11 is 0. The van der Waals surface area contributed by atoms with E-state index in [0.29, 0.717) is 18.2 Å². The highest BCUT2D eigenvalue weighted by molar-refractivity contribution is 5.89. The smallest absolute Gasteiger partial charge is 0.338 e. The number of carbonyl (C=O) groups is 1. The van der Waals surface area contributed by atoms with Crippen LogP contribution in [-0.4, -0.2) is 36.6 Å². The van der Waals surface area contributed by atoms with E-state index in [1.54, 1.807) is 12.1 Å². The number of nitrogens with zero attached hydrogens (tertiary/aromatic N) is 1. The summed E-state index contributed by atoms with van der Waals surface area (Å²) in [6.45, 7) is 2.73. The van der Waals surface area contributed by atoms with E-state index in [0.717, 1.165) is 13.0 Å². The first-order valence-corrected chi connectivity index (χ1v) is 10.8. The van der Waals surface area contributed by atoms with E-state index in [-0.39, 0.29) is 5.97 Å². The molecule has 150 valence electrons. The number of aryl methyl sites for hydroxylation is 1. The molecule has 2 aromatic rings. The first kappa shape index (κ1) is 20.6. The minimum absolute atomic E-state index is 0.211. The van der Waals surface area contributed by atoms with Crippen LogP contribution in [0.25, 0.3) is 0 Å². The Hall–Kier alpha value is -2.13. The second kappa shape index (κ2) is 11.7. The molecule has 3 rings (SSSR count). The third-order valence-electron chi connectivity index (χ3n) is 5.68. The third kappa shape index (κ3) is 6.79. The van der Waals surface area contributed by atoms with Crippen molar-refractivity contribution < 1.29 is 9.53 Å². The molecular weight excluding hydrogens is 346 g/mol. The number of hydrogen-bond acceptors (Lipinski definition) is 3. The Kier molecular flexibility index (Phi) is 8.57. The van der Waals surface area contributed by atoms with Gasteiger partial charge < -0.3 is 9.64 Å². The van der Waals surface area contributed by atoms with Crippen molar-refractivity contribution in [3.8, 4) is 0 Å². The van der Waals surface area contributed by atoms with Gasteiger partial charge in [-0.1, -0.05) is 61.4 Å². The number of benzene rings is 2. The van der Waals surface area contributed by atoms with Gasteiger partial charge in [-0.3, -0.25) is 0 Å². The van der Waals surface area contributed by atoms with Crippen LogP contribution in [0.15, 0.2) is 60.7 Å². The first-order chi connectivity index (χ1) is 13.8. The van der Waals surface area contributed by atoms with E-state index in [1.807, 2.05) is 18.2 Å². The Labute approximate surface area is 169 Å². The maximum Gasteiger partial charge on any atom is 0.338 e. The van der Waals surface area contributed by atoms with E-state index >= 15 is 0 Å². The van der Waals surface area contributed by atoms with Crippen LogP contribution in [0, 0.1) is 0 Å². The molecule has 1 fully saturated rings. The molecule has 0 bridgehead atoms. The lowest BCUT2D eigenvalue weighted by Crippen LogP contribution is -2.40. The van der Waals surface area contributed by atoms with Gasteiger partial charge in [0.05, 0.1) is 12.2 Å². The number of piperidine rings is 1. The number of ether oxygens (including phenoxy) is 1. The lowest BCUT2D eigenvalue weighted by Gasteiger charge is -2.36. The lowest BCUT2D eigenvalue weighted by atomic mass is 9.96. The molecule has 1 saturated heterocycles. The summed E-state index contributed by atoms with van der Waals surface area (Å²) in [5.41, 5.74) is 2.08. The van der Waals surface area contributed by atoms with E-state index in [1.165, 1.54) is 57.1 Å². The highest BCUT2D eigenvalue weighted by Gasteiger charge is 2.21. The molecule has 1 aliphatic heterocycles. The molecular formula is C25H33NO2. The van der Waals surface area contributed by atoms with Crippen molar-refractivity contribution in [2.45, 2.75) is 57.4 Å². The van der Waals surface area contributed by atoms with Crippen molar-refractivity contribution in [3.05, 3.63) is 71.8 Å². The van der Waals surface area contributed by atoms with Crippen LogP contribution >= 0.6 is 0 Å². The number of rotatable bonds is 10. The molecule has 0 N–H and O–H groups in total. The Morgan fingerprint density at radius 2 is 1.68 bits per heavy atom. The summed E-state index contributed by atoms with van der Waals surface area (Å²) < 4.78 is 5.44. The molecule has 1 atom stereocenters. The van der Waals surface area contributed by atoms with Gasteiger partial charge in [-0.25, -0.2) is 4.79 Å². The summed E-state index contributed by atoms with van der Waals surface area (Å²) in [5, 5.41) is 0. The van der Waals surface area contributed by atoms with Gasteiger partial charge in [-0.05, 0) is 62.8 Å². The molecule has 2 aromatic carbocycles. The monoisotopic (exact) mass is 379 g/mol. The van der Waals surface area contributed by atoms with Crippen molar-refractivity contribution in [2.24, 2.45) is 0 Å². The zero-order valence-corrected chi connectivity index (χ0v) is 16.9. The number of carbonyl (C=O) groups excluding carboxylic acids is 1. The van der Waals surface area contributed by atoms with E-state index < -0.39 is 0 Å². The summed E-state index contributed by atoms with van der Waals surface area (Å²) in [5.74, 6) is -0.211. The summed E-state index contributed by atoms with van der Waals surface area (Å²) in [6, 6.07) is 20.7. The standard InChI is InChI=1S/C25H33NO2/c27-25(23-15-5-2-6-16-23)28-21-11-20-26-19-10-9-18-24(26)17-8-7-14-22-12-3-1-4-13-22/h1-6,12-13,15-16,24H,7-11,14,17-21H2. The lowest BCUT2D eigenvalue weighted by molar-refractivity contribution is 0.0470. The molecule has 0 aromatic heterocycles.